The van der Waals surface area contributed by atoms with Gasteiger partial charge in [0, 0.05) is 13.1 Å². The number of hydrogen-bond donors (Lipinski definition) is 1. The molecule has 2 heterocycles. The van der Waals surface area contributed by atoms with Gasteiger partial charge in [-0.25, -0.2) is 17.2 Å². The zero-order valence-electron chi connectivity index (χ0n) is 15.5. The molecule has 2 aliphatic heterocycles. The van der Waals surface area contributed by atoms with E-state index in [1.165, 1.54) is 0 Å². The zero-order chi connectivity index (χ0) is 19.6. The third-order valence-corrected chi connectivity index (χ3v) is 7.48. The fourth-order valence-electron chi connectivity index (χ4n) is 3.87. The van der Waals surface area contributed by atoms with Crippen LogP contribution in [0.3, 0.4) is 0 Å². The summed E-state index contributed by atoms with van der Waals surface area (Å²) < 4.78 is 54.2. The molecule has 150 valence electrons. The minimum Gasteiger partial charge on any atom is -0.338 e. The van der Waals surface area contributed by atoms with E-state index >= 15 is 0 Å². The summed E-state index contributed by atoms with van der Waals surface area (Å²) in [6, 6.07) is 2.77. The number of nitrogens with zero attached hydrogens (tertiary/aromatic N) is 2. The average Bonchev–Trinajstić information content (AvgIpc) is 2.67. The normalized spacial score (nSPS) is 21.2. The van der Waals surface area contributed by atoms with Crippen LogP contribution in [0.15, 0.2) is 23.1 Å². The van der Waals surface area contributed by atoms with E-state index < -0.39 is 26.6 Å². The van der Waals surface area contributed by atoms with Crippen LogP contribution in [0.2, 0.25) is 0 Å². The monoisotopic (exact) mass is 402 g/mol. The predicted molar refractivity (Wildman–Crippen MR) is 95.7 cm³/mol. The maximum Gasteiger partial charge on any atom is 0.280 e. The molecule has 2 fully saturated rings. The van der Waals surface area contributed by atoms with E-state index in [0.717, 1.165) is 59.8 Å². The number of quaternary nitrogens is 1. The molecule has 9 heteroatoms. The fourth-order valence-corrected chi connectivity index (χ4v) is 5.42. The number of nitrogens with one attached hydrogen (secondary N) is 1. The maximum atomic E-state index is 13.9. The Kier molecular flexibility index (Phi) is 6.12. The number of benzene rings is 1. The van der Waals surface area contributed by atoms with Gasteiger partial charge in [0.2, 0.25) is 10.0 Å². The van der Waals surface area contributed by atoms with Crippen molar-refractivity contribution in [2.45, 2.75) is 37.1 Å². The standard InChI is InChI=1S/C18H25F2N3O3S/c1-14(18(24)22-8-3-2-4-9-22)21-10-12-23(13-11-21)27(25,26)17-15(19)6-5-7-16(17)20/h5-7,14H,2-4,8-13H2,1H3/p+1/t14-/m0/s1. The van der Waals surface area contributed by atoms with Crippen molar-refractivity contribution in [1.82, 2.24) is 9.21 Å². The summed E-state index contributed by atoms with van der Waals surface area (Å²) in [6.07, 6.45) is 3.19. The van der Waals surface area contributed by atoms with Gasteiger partial charge in [-0.2, -0.15) is 4.31 Å². The van der Waals surface area contributed by atoms with Crippen LogP contribution in [0.25, 0.3) is 0 Å². The van der Waals surface area contributed by atoms with Crippen molar-refractivity contribution in [2.24, 2.45) is 0 Å². The van der Waals surface area contributed by atoms with Crippen LogP contribution in [0.1, 0.15) is 26.2 Å². The lowest BCUT2D eigenvalue weighted by Crippen LogP contribution is -3.19. The second-order valence-corrected chi connectivity index (χ2v) is 9.10. The van der Waals surface area contributed by atoms with Crippen molar-refractivity contribution in [3.05, 3.63) is 29.8 Å². The van der Waals surface area contributed by atoms with Crippen molar-refractivity contribution >= 4 is 15.9 Å². The number of hydrogen-bond acceptors (Lipinski definition) is 3. The van der Waals surface area contributed by atoms with Crippen molar-refractivity contribution < 1.29 is 26.9 Å². The Morgan fingerprint density at radius 2 is 1.59 bits per heavy atom. The predicted octanol–water partition coefficient (Wildman–Crippen LogP) is 0.255. The summed E-state index contributed by atoms with van der Waals surface area (Å²) in [7, 11) is -4.24. The van der Waals surface area contributed by atoms with E-state index in [4.69, 9.17) is 0 Å². The van der Waals surface area contributed by atoms with Gasteiger partial charge in [-0.1, -0.05) is 6.07 Å². The molecule has 27 heavy (non-hydrogen) atoms. The first-order chi connectivity index (χ1) is 12.8. The Balaban J connectivity index is 1.65. The van der Waals surface area contributed by atoms with Gasteiger partial charge in [0.1, 0.15) is 11.6 Å². The molecule has 0 radical (unpaired) electrons. The lowest BCUT2D eigenvalue weighted by Gasteiger charge is -2.36. The molecule has 1 N–H and O–H groups in total. The molecule has 0 aromatic heterocycles. The molecule has 0 aliphatic carbocycles. The van der Waals surface area contributed by atoms with Crippen LogP contribution in [-0.4, -0.2) is 68.8 Å². The van der Waals surface area contributed by atoms with Crippen molar-refractivity contribution in [3.63, 3.8) is 0 Å². The van der Waals surface area contributed by atoms with Gasteiger partial charge in [0.15, 0.2) is 10.9 Å². The van der Waals surface area contributed by atoms with Gasteiger partial charge >= 0.3 is 0 Å². The summed E-state index contributed by atoms with van der Waals surface area (Å²) >= 11 is 0. The van der Waals surface area contributed by atoms with Crippen LogP contribution in [0.5, 0.6) is 0 Å². The molecular formula is C18H26F2N3O3S+. The van der Waals surface area contributed by atoms with Crippen molar-refractivity contribution in [2.75, 3.05) is 39.3 Å². The second kappa shape index (κ2) is 8.20. The van der Waals surface area contributed by atoms with Crippen LogP contribution in [-0.2, 0) is 14.8 Å². The molecule has 6 nitrogen and oxygen atoms in total. The molecule has 1 aromatic carbocycles. The first kappa shape index (κ1) is 20.2. The highest BCUT2D eigenvalue weighted by atomic mass is 32.2. The van der Waals surface area contributed by atoms with E-state index in [-0.39, 0.29) is 25.0 Å². The average molecular weight is 402 g/mol. The molecule has 1 aromatic rings. The van der Waals surface area contributed by atoms with Crippen LogP contribution >= 0.6 is 0 Å². The van der Waals surface area contributed by atoms with Gasteiger partial charge in [-0.05, 0) is 38.3 Å². The largest absolute Gasteiger partial charge is 0.338 e. The lowest BCUT2D eigenvalue weighted by atomic mass is 10.1. The Bertz CT molecular complexity index is 769. The number of sulfonamides is 1. The number of carbonyl (C=O) groups excluding carboxylic acids is 1. The van der Waals surface area contributed by atoms with E-state index in [9.17, 15) is 22.0 Å². The third-order valence-electron chi connectivity index (χ3n) is 5.53. The van der Waals surface area contributed by atoms with E-state index in [0.29, 0.717) is 13.1 Å². The highest BCUT2D eigenvalue weighted by Gasteiger charge is 2.38. The van der Waals surface area contributed by atoms with Crippen LogP contribution in [0.4, 0.5) is 8.78 Å². The van der Waals surface area contributed by atoms with E-state index in [1.54, 1.807) is 0 Å². The molecule has 0 spiro atoms. The third kappa shape index (κ3) is 4.14. The molecule has 3 rings (SSSR count). The van der Waals surface area contributed by atoms with Crippen molar-refractivity contribution in [1.29, 1.82) is 0 Å². The van der Waals surface area contributed by atoms with Crippen LogP contribution < -0.4 is 4.90 Å². The van der Waals surface area contributed by atoms with E-state index in [1.807, 2.05) is 11.8 Å². The molecule has 0 unspecified atom stereocenters. The molecule has 0 bridgehead atoms. The molecule has 2 saturated heterocycles. The summed E-state index contributed by atoms with van der Waals surface area (Å²) in [5, 5.41) is 0. The van der Waals surface area contributed by atoms with Gasteiger partial charge in [-0.3, -0.25) is 4.79 Å². The molecule has 0 saturated carbocycles. The summed E-state index contributed by atoms with van der Waals surface area (Å²) in [4.78, 5) is 14.7. The lowest BCUT2D eigenvalue weighted by molar-refractivity contribution is -0.918. The zero-order valence-corrected chi connectivity index (χ0v) is 16.3. The Morgan fingerprint density at radius 3 is 2.15 bits per heavy atom. The Hall–Kier alpha value is -1.58. The smallest absolute Gasteiger partial charge is 0.280 e. The summed E-state index contributed by atoms with van der Waals surface area (Å²) in [6.45, 7) is 4.54. The highest BCUT2D eigenvalue weighted by Crippen LogP contribution is 2.22. The van der Waals surface area contributed by atoms with E-state index in [2.05, 4.69) is 0 Å². The maximum absolute atomic E-state index is 13.9. The number of rotatable bonds is 4. The highest BCUT2D eigenvalue weighted by molar-refractivity contribution is 7.89. The van der Waals surface area contributed by atoms with Crippen LogP contribution in [0, 0.1) is 11.6 Å². The first-order valence-electron chi connectivity index (χ1n) is 9.40. The summed E-state index contributed by atoms with van der Waals surface area (Å²) in [5.74, 6) is -2.07. The second-order valence-electron chi connectivity index (χ2n) is 7.22. The quantitative estimate of drug-likeness (QED) is 0.786. The number of likely N-dealkylation sites (tertiary alicyclic amines) is 1. The van der Waals surface area contributed by atoms with Gasteiger partial charge in [0.05, 0.1) is 26.2 Å². The Labute approximate surface area is 158 Å². The summed E-state index contributed by atoms with van der Waals surface area (Å²) in [5.41, 5.74) is 0. The Morgan fingerprint density at radius 1 is 1.04 bits per heavy atom. The fraction of sp³-hybridized carbons (Fsp3) is 0.611. The number of piperazine rings is 1. The number of halogens is 2. The number of carbonyl (C=O) groups is 1. The molecule has 2 aliphatic rings. The minimum absolute atomic E-state index is 0.0983. The SMILES string of the molecule is C[C@@H](C(=O)N1CCCCC1)[NH+]1CCN(S(=O)(=O)c2c(F)cccc2F)CC1. The molecular weight excluding hydrogens is 376 g/mol. The van der Waals surface area contributed by atoms with Gasteiger partial charge in [-0.15, -0.1) is 0 Å². The minimum atomic E-state index is -4.24. The molecule has 1 amide bonds. The molecule has 1 atom stereocenters. The first-order valence-corrected chi connectivity index (χ1v) is 10.8. The number of piperidine rings is 1. The van der Waals surface area contributed by atoms with Gasteiger partial charge < -0.3 is 9.80 Å². The van der Waals surface area contributed by atoms with Crippen molar-refractivity contribution in [3.8, 4) is 0 Å². The topological polar surface area (TPSA) is 62.1 Å². The van der Waals surface area contributed by atoms with Gasteiger partial charge in [0.25, 0.3) is 5.91 Å². The number of amides is 1.